The van der Waals surface area contributed by atoms with Gasteiger partial charge in [0, 0.05) is 21.3 Å². The van der Waals surface area contributed by atoms with E-state index in [1.807, 2.05) is 0 Å². The standard InChI is InChI=1S/C20H17FN2O4S/c1-10-16-14(21)4-3-5-15(16)28-17(10)20(26)27-11(2)19(25)23-13-8-6-12(7-9-13)18(22)24/h3-9,11H,1-2H3,(H2,22,24)(H,23,25)/t11-/m1/s1. The lowest BCUT2D eigenvalue weighted by molar-refractivity contribution is -0.123. The van der Waals surface area contributed by atoms with Crippen molar-refractivity contribution in [3.05, 3.63) is 64.3 Å². The molecule has 8 heteroatoms. The van der Waals surface area contributed by atoms with Gasteiger partial charge in [-0.3, -0.25) is 9.59 Å². The van der Waals surface area contributed by atoms with Crippen molar-refractivity contribution in [1.82, 2.24) is 0 Å². The molecule has 3 aromatic rings. The van der Waals surface area contributed by atoms with Crippen molar-refractivity contribution in [2.75, 3.05) is 5.32 Å². The molecule has 1 aromatic heterocycles. The Morgan fingerprint density at radius 1 is 1.14 bits per heavy atom. The van der Waals surface area contributed by atoms with E-state index < -0.39 is 29.7 Å². The van der Waals surface area contributed by atoms with Gasteiger partial charge in [0.15, 0.2) is 6.10 Å². The van der Waals surface area contributed by atoms with Gasteiger partial charge >= 0.3 is 5.97 Å². The second-order valence-electron chi connectivity index (χ2n) is 6.15. The predicted molar refractivity (Wildman–Crippen MR) is 105 cm³/mol. The van der Waals surface area contributed by atoms with Crippen LogP contribution >= 0.6 is 11.3 Å². The van der Waals surface area contributed by atoms with Gasteiger partial charge in [-0.2, -0.15) is 0 Å². The lowest BCUT2D eigenvalue weighted by Gasteiger charge is -2.13. The Kier molecular flexibility index (Phi) is 5.41. The normalized spacial score (nSPS) is 11.8. The number of amides is 2. The summed E-state index contributed by atoms with van der Waals surface area (Å²) in [7, 11) is 0. The minimum absolute atomic E-state index is 0.255. The number of nitrogens with two attached hydrogens (primary N) is 1. The molecule has 0 aliphatic heterocycles. The van der Waals surface area contributed by atoms with Crippen LogP contribution < -0.4 is 11.1 Å². The molecule has 3 N–H and O–H groups in total. The lowest BCUT2D eigenvalue weighted by Crippen LogP contribution is -2.30. The van der Waals surface area contributed by atoms with E-state index in [-0.39, 0.29) is 4.88 Å². The van der Waals surface area contributed by atoms with E-state index in [1.165, 1.54) is 37.3 Å². The summed E-state index contributed by atoms with van der Waals surface area (Å²) in [5.41, 5.74) is 6.39. The summed E-state index contributed by atoms with van der Waals surface area (Å²) in [6.07, 6.45) is -1.07. The third kappa shape index (κ3) is 3.86. The highest BCUT2D eigenvalue weighted by Gasteiger charge is 2.23. The largest absolute Gasteiger partial charge is 0.448 e. The van der Waals surface area contributed by atoms with E-state index in [1.54, 1.807) is 19.1 Å². The summed E-state index contributed by atoms with van der Waals surface area (Å²) in [6.45, 7) is 3.08. The number of aryl methyl sites for hydroxylation is 1. The van der Waals surface area contributed by atoms with Crippen LogP contribution in [0.25, 0.3) is 10.1 Å². The molecule has 0 saturated carbocycles. The first kappa shape index (κ1) is 19.5. The molecule has 0 aliphatic carbocycles. The maximum atomic E-state index is 14.0. The SMILES string of the molecule is Cc1c(C(=O)O[C@H](C)C(=O)Nc2ccc(C(N)=O)cc2)sc2cccc(F)c12. The van der Waals surface area contributed by atoms with Crippen LogP contribution in [-0.4, -0.2) is 23.9 Å². The van der Waals surface area contributed by atoms with Crippen molar-refractivity contribution < 1.29 is 23.5 Å². The molecule has 0 aliphatic rings. The van der Waals surface area contributed by atoms with Crippen molar-refractivity contribution in [3.63, 3.8) is 0 Å². The van der Waals surface area contributed by atoms with Gasteiger partial charge in [0.05, 0.1) is 0 Å². The van der Waals surface area contributed by atoms with Crippen LogP contribution in [0, 0.1) is 12.7 Å². The Hall–Kier alpha value is -3.26. The van der Waals surface area contributed by atoms with Gasteiger partial charge in [0.1, 0.15) is 10.7 Å². The van der Waals surface area contributed by atoms with Crippen molar-refractivity contribution in [2.45, 2.75) is 20.0 Å². The molecule has 3 rings (SSSR count). The Bertz CT molecular complexity index is 1080. The Morgan fingerprint density at radius 3 is 2.43 bits per heavy atom. The Labute approximate surface area is 164 Å². The van der Waals surface area contributed by atoms with Crippen molar-refractivity contribution >= 4 is 44.9 Å². The highest BCUT2D eigenvalue weighted by atomic mass is 32.1. The molecule has 0 radical (unpaired) electrons. The monoisotopic (exact) mass is 400 g/mol. The molecule has 2 amide bonds. The fourth-order valence-corrected chi connectivity index (χ4v) is 3.78. The van der Waals surface area contributed by atoms with Gasteiger partial charge in [0.2, 0.25) is 5.91 Å². The van der Waals surface area contributed by atoms with Gasteiger partial charge in [-0.15, -0.1) is 11.3 Å². The number of thiophene rings is 1. The molecule has 0 bridgehead atoms. The average molecular weight is 400 g/mol. The van der Waals surface area contributed by atoms with Gasteiger partial charge in [-0.1, -0.05) is 6.07 Å². The summed E-state index contributed by atoms with van der Waals surface area (Å²) in [5, 5.41) is 2.97. The number of anilines is 1. The molecule has 0 saturated heterocycles. The van der Waals surface area contributed by atoms with Gasteiger partial charge < -0.3 is 15.8 Å². The van der Waals surface area contributed by atoms with Crippen molar-refractivity contribution in [2.24, 2.45) is 5.73 Å². The fraction of sp³-hybridized carbons (Fsp3) is 0.150. The molecule has 2 aromatic carbocycles. The van der Waals surface area contributed by atoms with E-state index in [4.69, 9.17) is 10.5 Å². The number of esters is 1. The maximum absolute atomic E-state index is 14.0. The number of hydrogen-bond acceptors (Lipinski definition) is 5. The van der Waals surface area contributed by atoms with E-state index in [9.17, 15) is 18.8 Å². The van der Waals surface area contributed by atoms with Gasteiger partial charge in [0.25, 0.3) is 5.91 Å². The van der Waals surface area contributed by atoms with Crippen LogP contribution in [0.5, 0.6) is 0 Å². The van der Waals surface area contributed by atoms with Crippen LogP contribution in [-0.2, 0) is 9.53 Å². The van der Waals surface area contributed by atoms with E-state index in [0.717, 1.165) is 11.3 Å². The number of ether oxygens (including phenoxy) is 1. The third-order valence-electron chi connectivity index (χ3n) is 4.18. The number of rotatable bonds is 5. The minimum atomic E-state index is -1.07. The molecule has 0 fully saturated rings. The lowest BCUT2D eigenvalue weighted by atomic mass is 10.1. The molecular formula is C20H17FN2O4S. The van der Waals surface area contributed by atoms with E-state index in [2.05, 4.69) is 5.32 Å². The summed E-state index contributed by atoms with van der Waals surface area (Å²) in [4.78, 5) is 36.1. The summed E-state index contributed by atoms with van der Waals surface area (Å²) in [6, 6.07) is 10.6. The van der Waals surface area contributed by atoms with E-state index in [0.29, 0.717) is 26.9 Å². The highest BCUT2D eigenvalue weighted by molar-refractivity contribution is 7.21. The molecule has 6 nitrogen and oxygen atoms in total. The van der Waals surface area contributed by atoms with E-state index >= 15 is 0 Å². The van der Waals surface area contributed by atoms with Crippen molar-refractivity contribution in [1.29, 1.82) is 0 Å². The number of benzene rings is 2. The zero-order valence-electron chi connectivity index (χ0n) is 15.1. The number of hydrogen-bond donors (Lipinski definition) is 2. The zero-order chi connectivity index (χ0) is 20.4. The summed E-state index contributed by atoms with van der Waals surface area (Å²) >= 11 is 1.12. The molecule has 144 valence electrons. The quantitative estimate of drug-likeness (QED) is 0.639. The number of carbonyl (C=O) groups is 3. The molecular weight excluding hydrogens is 383 g/mol. The third-order valence-corrected chi connectivity index (χ3v) is 5.42. The molecule has 0 unspecified atom stereocenters. The van der Waals surface area contributed by atoms with Crippen LogP contribution in [0.15, 0.2) is 42.5 Å². The number of carbonyl (C=O) groups excluding carboxylic acids is 3. The van der Waals surface area contributed by atoms with Gasteiger partial charge in [-0.05, 0) is 55.8 Å². The maximum Gasteiger partial charge on any atom is 0.349 e. The summed E-state index contributed by atoms with van der Waals surface area (Å²) in [5.74, 6) is -2.21. The predicted octanol–water partition coefficient (Wildman–Crippen LogP) is 3.63. The molecule has 0 spiro atoms. The topological polar surface area (TPSA) is 98.5 Å². The molecule has 28 heavy (non-hydrogen) atoms. The second kappa shape index (κ2) is 7.77. The fourth-order valence-electron chi connectivity index (χ4n) is 2.68. The van der Waals surface area contributed by atoms with Crippen LogP contribution in [0.3, 0.4) is 0 Å². The first-order valence-corrected chi connectivity index (χ1v) is 9.19. The minimum Gasteiger partial charge on any atom is -0.448 e. The highest BCUT2D eigenvalue weighted by Crippen LogP contribution is 2.33. The average Bonchev–Trinajstić information content (AvgIpc) is 3.00. The summed E-state index contributed by atoms with van der Waals surface area (Å²) < 4.78 is 19.9. The van der Waals surface area contributed by atoms with Crippen LogP contribution in [0.4, 0.5) is 10.1 Å². The number of halogens is 1. The zero-order valence-corrected chi connectivity index (χ0v) is 15.9. The number of primary amides is 1. The molecule has 1 heterocycles. The van der Waals surface area contributed by atoms with Crippen LogP contribution in [0.1, 0.15) is 32.5 Å². The van der Waals surface area contributed by atoms with Crippen molar-refractivity contribution in [3.8, 4) is 0 Å². The first-order chi connectivity index (χ1) is 13.3. The van der Waals surface area contributed by atoms with Gasteiger partial charge in [-0.25, -0.2) is 9.18 Å². The Morgan fingerprint density at radius 2 is 1.82 bits per heavy atom. The number of nitrogens with one attached hydrogen (secondary N) is 1. The van der Waals surface area contributed by atoms with Crippen LogP contribution in [0.2, 0.25) is 0 Å². The smallest absolute Gasteiger partial charge is 0.349 e. The second-order valence-corrected chi connectivity index (χ2v) is 7.20. The molecule has 1 atom stereocenters. The first-order valence-electron chi connectivity index (χ1n) is 8.37. The number of fused-ring (bicyclic) bond motifs is 1. The Balaban J connectivity index is 1.70.